The van der Waals surface area contributed by atoms with Crippen LogP contribution in [0.5, 0.6) is 17.2 Å². The van der Waals surface area contributed by atoms with Gasteiger partial charge in [0.1, 0.15) is 5.69 Å². The highest BCUT2D eigenvalue weighted by atomic mass is 16.5. The van der Waals surface area contributed by atoms with E-state index in [1.54, 1.807) is 42.2 Å². The molecule has 2 heterocycles. The number of amides is 2. The maximum absolute atomic E-state index is 12.7. The minimum Gasteiger partial charge on any atom is -0.493 e. The number of ether oxygens (including phenoxy) is 3. The highest BCUT2D eigenvalue weighted by Gasteiger charge is 2.25. The van der Waals surface area contributed by atoms with Crippen LogP contribution in [-0.4, -0.2) is 79.3 Å². The van der Waals surface area contributed by atoms with Gasteiger partial charge in [-0.1, -0.05) is 0 Å². The minimum atomic E-state index is -0.144. The predicted molar refractivity (Wildman–Crippen MR) is 102 cm³/mol. The van der Waals surface area contributed by atoms with Crippen molar-refractivity contribution in [3.63, 3.8) is 0 Å². The Bertz CT molecular complexity index is 846. The van der Waals surface area contributed by atoms with Crippen LogP contribution in [0.4, 0.5) is 0 Å². The number of carbonyl (C=O) groups is 2. The third-order valence-electron chi connectivity index (χ3n) is 4.78. The summed E-state index contributed by atoms with van der Waals surface area (Å²) in [5, 5.41) is 7.07. The number of aromatic nitrogens is 2. The number of rotatable bonds is 5. The van der Waals surface area contributed by atoms with Gasteiger partial charge in [-0.15, -0.1) is 0 Å². The van der Waals surface area contributed by atoms with Crippen molar-refractivity contribution >= 4 is 11.8 Å². The van der Waals surface area contributed by atoms with Crippen molar-refractivity contribution in [2.45, 2.75) is 6.92 Å². The second kappa shape index (κ2) is 8.20. The number of aromatic amines is 1. The number of benzene rings is 1. The molecule has 9 nitrogen and oxygen atoms in total. The van der Waals surface area contributed by atoms with Crippen LogP contribution >= 0.6 is 0 Å². The molecule has 0 atom stereocenters. The lowest BCUT2D eigenvalue weighted by Gasteiger charge is -2.33. The van der Waals surface area contributed by atoms with E-state index in [4.69, 9.17) is 14.2 Å². The fraction of sp³-hybridized carbons (Fsp3) is 0.421. The number of nitrogens with one attached hydrogen (secondary N) is 1. The van der Waals surface area contributed by atoms with E-state index in [-0.39, 0.29) is 11.8 Å². The monoisotopic (exact) mass is 388 g/mol. The molecule has 0 unspecified atom stereocenters. The molecule has 1 saturated heterocycles. The molecule has 0 aliphatic carbocycles. The number of nitrogens with zero attached hydrogens (tertiary/aromatic N) is 3. The molecule has 0 saturated carbocycles. The molecule has 0 radical (unpaired) electrons. The Labute approximate surface area is 163 Å². The first-order chi connectivity index (χ1) is 13.5. The van der Waals surface area contributed by atoms with Crippen molar-refractivity contribution in [2.24, 2.45) is 0 Å². The van der Waals surface area contributed by atoms with Crippen molar-refractivity contribution in [2.75, 3.05) is 47.5 Å². The summed E-state index contributed by atoms with van der Waals surface area (Å²) >= 11 is 0. The van der Waals surface area contributed by atoms with Gasteiger partial charge in [-0.05, 0) is 18.2 Å². The first kappa shape index (κ1) is 19.5. The van der Waals surface area contributed by atoms with Gasteiger partial charge in [-0.3, -0.25) is 14.7 Å². The van der Waals surface area contributed by atoms with Gasteiger partial charge in [0.25, 0.3) is 5.91 Å². The van der Waals surface area contributed by atoms with Crippen LogP contribution in [0.15, 0.2) is 18.2 Å². The summed E-state index contributed by atoms with van der Waals surface area (Å²) in [6.07, 6.45) is 0. The first-order valence-corrected chi connectivity index (χ1v) is 8.89. The fourth-order valence-electron chi connectivity index (χ4n) is 3.20. The van der Waals surface area contributed by atoms with E-state index in [1.165, 1.54) is 14.0 Å². The van der Waals surface area contributed by atoms with E-state index in [0.29, 0.717) is 54.8 Å². The lowest BCUT2D eigenvalue weighted by Crippen LogP contribution is -2.50. The Morgan fingerprint density at radius 2 is 1.50 bits per heavy atom. The summed E-state index contributed by atoms with van der Waals surface area (Å²) in [5.41, 5.74) is 1.70. The second-order valence-corrected chi connectivity index (χ2v) is 6.38. The van der Waals surface area contributed by atoms with Gasteiger partial charge in [0, 0.05) is 38.7 Å². The molecule has 1 fully saturated rings. The van der Waals surface area contributed by atoms with Gasteiger partial charge < -0.3 is 24.0 Å². The van der Waals surface area contributed by atoms with Crippen LogP contribution in [0.3, 0.4) is 0 Å². The van der Waals surface area contributed by atoms with Gasteiger partial charge in [-0.25, -0.2) is 0 Å². The highest BCUT2D eigenvalue weighted by Crippen LogP contribution is 2.40. The molecule has 3 rings (SSSR count). The maximum atomic E-state index is 12.7. The van der Waals surface area contributed by atoms with Crippen LogP contribution in [0.1, 0.15) is 17.4 Å². The third-order valence-corrected chi connectivity index (χ3v) is 4.78. The van der Waals surface area contributed by atoms with Crippen LogP contribution in [0.2, 0.25) is 0 Å². The van der Waals surface area contributed by atoms with Gasteiger partial charge in [0.15, 0.2) is 11.5 Å². The average molecular weight is 388 g/mol. The molecule has 2 aromatic rings. The molecule has 0 spiro atoms. The molecular formula is C19H24N4O5. The number of H-pyrrole nitrogens is 1. The Hall–Kier alpha value is -3.23. The molecule has 1 N–H and O–H groups in total. The summed E-state index contributed by atoms with van der Waals surface area (Å²) < 4.78 is 16.1. The zero-order chi connectivity index (χ0) is 20.3. The zero-order valence-corrected chi connectivity index (χ0v) is 16.4. The van der Waals surface area contributed by atoms with E-state index in [2.05, 4.69) is 10.2 Å². The predicted octanol–water partition coefficient (Wildman–Crippen LogP) is 1.41. The van der Waals surface area contributed by atoms with E-state index in [1.807, 2.05) is 0 Å². The van der Waals surface area contributed by atoms with E-state index in [0.717, 1.165) is 5.56 Å². The molecule has 28 heavy (non-hydrogen) atoms. The molecule has 150 valence electrons. The van der Waals surface area contributed by atoms with E-state index >= 15 is 0 Å². The molecule has 1 aromatic heterocycles. The quantitative estimate of drug-likeness (QED) is 0.832. The Kier molecular flexibility index (Phi) is 5.72. The molecule has 9 heteroatoms. The van der Waals surface area contributed by atoms with Crippen molar-refractivity contribution < 1.29 is 23.8 Å². The summed E-state index contributed by atoms with van der Waals surface area (Å²) in [7, 11) is 4.62. The average Bonchev–Trinajstić information content (AvgIpc) is 3.22. The Morgan fingerprint density at radius 3 is 2.00 bits per heavy atom. The van der Waals surface area contributed by atoms with Crippen LogP contribution in [0, 0.1) is 0 Å². The smallest absolute Gasteiger partial charge is 0.272 e. The van der Waals surface area contributed by atoms with Crippen molar-refractivity contribution in [1.82, 2.24) is 20.0 Å². The Morgan fingerprint density at radius 1 is 0.929 bits per heavy atom. The topological polar surface area (TPSA) is 97.0 Å². The normalized spacial score (nSPS) is 14.0. The van der Waals surface area contributed by atoms with Crippen molar-refractivity contribution in [3.8, 4) is 28.5 Å². The largest absolute Gasteiger partial charge is 0.493 e. The van der Waals surface area contributed by atoms with E-state index < -0.39 is 0 Å². The van der Waals surface area contributed by atoms with Crippen LogP contribution in [-0.2, 0) is 4.79 Å². The summed E-state index contributed by atoms with van der Waals surface area (Å²) in [5.74, 6) is 1.39. The standard InChI is InChI=1S/C19H24N4O5/c1-12(24)22-5-7-23(8-6-22)19(25)15-11-14(20-21-15)13-9-16(26-2)18(28-4)17(10-13)27-3/h9-11H,5-8H2,1-4H3,(H,20,21). The van der Waals surface area contributed by atoms with E-state index in [9.17, 15) is 9.59 Å². The van der Waals surface area contributed by atoms with Crippen molar-refractivity contribution in [1.29, 1.82) is 0 Å². The molecule has 1 aliphatic heterocycles. The second-order valence-electron chi connectivity index (χ2n) is 6.38. The van der Waals surface area contributed by atoms with Gasteiger partial charge in [-0.2, -0.15) is 5.10 Å². The molecular weight excluding hydrogens is 364 g/mol. The number of hydrogen-bond donors (Lipinski definition) is 1. The lowest BCUT2D eigenvalue weighted by atomic mass is 10.1. The lowest BCUT2D eigenvalue weighted by molar-refractivity contribution is -0.130. The highest BCUT2D eigenvalue weighted by molar-refractivity contribution is 5.93. The number of hydrogen-bond acceptors (Lipinski definition) is 6. The van der Waals surface area contributed by atoms with Gasteiger partial charge in [0.2, 0.25) is 11.7 Å². The Balaban J connectivity index is 1.81. The first-order valence-electron chi connectivity index (χ1n) is 8.89. The summed E-state index contributed by atoms with van der Waals surface area (Å²) in [6, 6.07) is 5.25. The summed E-state index contributed by atoms with van der Waals surface area (Å²) in [4.78, 5) is 27.6. The zero-order valence-electron chi connectivity index (χ0n) is 16.4. The van der Waals surface area contributed by atoms with Crippen molar-refractivity contribution in [3.05, 3.63) is 23.9 Å². The fourth-order valence-corrected chi connectivity index (χ4v) is 3.20. The van der Waals surface area contributed by atoms with Crippen LogP contribution in [0.25, 0.3) is 11.3 Å². The molecule has 1 aliphatic rings. The third kappa shape index (κ3) is 3.73. The minimum absolute atomic E-state index is 0.0262. The number of methoxy groups -OCH3 is 3. The summed E-state index contributed by atoms with van der Waals surface area (Å²) in [6.45, 7) is 3.61. The van der Waals surface area contributed by atoms with Gasteiger partial charge >= 0.3 is 0 Å². The van der Waals surface area contributed by atoms with Gasteiger partial charge in [0.05, 0.1) is 27.0 Å². The molecule has 2 amide bonds. The van der Waals surface area contributed by atoms with Crippen LogP contribution < -0.4 is 14.2 Å². The SMILES string of the molecule is COc1cc(-c2cc(C(=O)N3CCN(C(C)=O)CC3)[nH]n2)cc(OC)c1OC. The molecule has 1 aromatic carbocycles. The maximum Gasteiger partial charge on any atom is 0.272 e. The number of piperazine rings is 1. The number of carbonyl (C=O) groups excluding carboxylic acids is 2. The molecule has 0 bridgehead atoms.